The topological polar surface area (TPSA) is 122 Å². The fraction of sp³-hybridized carbons (Fsp3) is 0.480. The molecular weight excluding hydrogens is 474 g/mol. The Balaban J connectivity index is 1.14. The molecule has 186 valence electrons. The monoisotopic (exact) mass is 503 g/mol. The Bertz CT molecular complexity index is 1400. The summed E-state index contributed by atoms with van der Waals surface area (Å²) in [5.74, 6) is 1.68. The molecule has 3 aliphatic heterocycles. The van der Waals surface area contributed by atoms with Gasteiger partial charge in [-0.1, -0.05) is 0 Å². The Morgan fingerprint density at radius 3 is 2.83 bits per heavy atom. The second-order valence-electron chi connectivity index (χ2n) is 10.1. The lowest BCUT2D eigenvalue weighted by Crippen LogP contribution is -2.50. The maximum atomic E-state index is 6.49. The van der Waals surface area contributed by atoms with Crippen molar-refractivity contribution in [1.29, 1.82) is 0 Å². The number of pyridine rings is 1. The average molecular weight is 504 g/mol. The van der Waals surface area contributed by atoms with Crippen LogP contribution in [0.1, 0.15) is 31.9 Å². The van der Waals surface area contributed by atoms with Crippen LogP contribution in [0.4, 0.5) is 17.3 Å². The van der Waals surface area contributed by atoms with E-state index in [0.717, 1.165) is 91.2 Å². The molecule has 2 saturated heterocycles. The lowest BCUT2D eigenvalue weighted by atomic mass is 9.73. The minimum absolute atomic E-state index is 0.0870. The predicted octanol–water partition coefficient (Wildman–Crippen LogP) is 3.29. The number of H-pyrrole nitrogens is 1. The first-order valence-electron chi connectivity index (χ1n) is 12.6. The number of piperidine rings is 1. The van der Waals surface area contributed by atoms with Crippen molar-refractivity contribution in [2.24, 2.45) is 11.1 Å². The number of fused-ring (bicyclic) bond motifs is 2. The van der Waals surface area contributed by atoms with E-state index in [-0.39, 0.29) is 17.6 Å². The van der Waals surface area contributed by atoms with Gasteiger partial charge < -0.3 is 20.3 Å². The SMILES string of the molecule is C[C@@H]1OCC2(CCN(c3cnc4c(N5CCCc6nc(-c7nccs7)ccc65)n[nH]c4n3)CC2)[C@@H]1N. The van der Waals surface area contributed by atoms with Crippen molar-refractivity contribution >= 4 is 39.8 Å². The van der Waals surface area contributed by atoms with Gasteiger partial charge in [-0.25, -0.2) is 19.9 Å². The van der Waals surface area contributed by atoms with Gasteiger partial charge >= 0.3 is 0 Å². The van der Waals surface area contributed by atoms with E-state index in [0.29, 0.717) is 5.65 Å². The van der Waals surface area contributed by atoms with Crippen LogP contribution in [-0.2, 0) is 11.2 Å². The fourth-order valence-corrected chi connectivity index (χ4v) is 6.52. The van der Waals surface area contributed by atoms with Crippen LogP contribution in [0.25, 0.3) is 21.9 Å². The number of hydrogen-bond donors (Lipinski definition) is 2. The third-order valence-corrected chi connectivity index (χ3v) is 8.91. The lowest BCUT2D eigenvalue weighted by Gasteiger charge is -2.41. The number of ether oxygens (including phenoxy) is 1. The molecule has 7 heterocycles. The van der Waals surface area contributed by atoms with Gasteiger partial charge in [0, 0.05) is 42.7 Å². The van der Waals surface area contributed by atoms with E-state index in [1.54, 1.807) is 11.3 Å². The van der Waals surface area contributed by atoms with E-state index in [1.165, 1.54) is 0 Å². The summed E-state index contributed by atoms with van der Waals surface area (Å²) < 4.78 is 5.87. The van der Waals surface area contributed by atoms with Crippen LogP contribution < -0.4 is 15.5 Å². The molecule has 0 saturated carbocycles. The molecule has 0 unspecified atom stereocenters. The molecule has 2 fully saturated rings. The zero-order valence-corrected chi connectivity index (χ0v) is 21.0. The maximum absolute atomic E-state index is 6.49. The van der Waals surface area contributed by atoms with Gasteiger partial charge in [0.25, 0.3) is 0 Å². The second-order valence-corrected chi connectivity index (χ2v) is 11.0. The zero-order valence-electron chi connectivity index (χ0n) is 20.2. The highest BCUT2D eigenvalue weighted by atomic mass is 32.1. The number of aryl methyl sites for hydroxylation is 1. The number of hydrogen-bond acceptors (Lipinski definition) is 10. The number of aromatic amines is 1. The molecule has 4 aromatic rings. The van der Waals surface area contributed by atoms with Crippen molar-refractivity contribution in [1.82, 2.24) is 30.1 Å². The predicted molar refractivity (Wildman–Crippen MR) is 140 cm³/mol. The molecule has 11 heteroatoms. The van der Waals surface area contributed by atoms with Gasteiger partial charge in [-0.05, 0) is 44.7 Å². The third-order valence-electron chi connectivity index (χ3n) is 8.11. The molecule has 0 radical (unpaired) electrons. The van der Waals surface area contributed by atoms with Gasteiger partial charge in [0.05, 0.1) is 36.0 Å². The highest BCUT2D eigenvalue weighted by Gasteiger charge is 2.47. The van der Waals surface area contributed by atoms with E-state index in [9.17, 15) is 0 Å². The summed E-state index contributed by atoms with van der Waals surface area (Å²) in [6.45, 7) is 5.51. The summed E-state index contributed by atoms with van der Waals surface area (Å²) >= 11 is 1.61. The standard InChI is InChI=1S/C25H29N9OS/c1-15-21(26)25(14-35-15)6-10-33(11-7-25)19-13-28-20-22(30-19)31-32-23(20)34-9-2-3-16-18(34)5-4-17(29-16)24-27-8-12-36-24/h4-5,8,12-13,15,21H,2-3,6-7,9-11,14,26H2,1H3,(H,30,31,32)/t15-,21+/m0/s1. The molecule has 2 atom stereocenters. The molecule has 0 bridgehead atoms. The van der Waals surface area contributed by atoms with Crippen molar-refractivity contribution in [3.63, 3.8) is 0 Å². The van der Waals surface area contributed by atoms with Crippen molar-refractivity contribution in [3.05, 3.63) is 35.6 Å². The molecule has 36 heavy (non-hydrogen) atoms. The smallest absolute Gasteiger partial charge is 0.183 e. The van der Waals surface area contributed by atoms with Crippen LogP contribution in [0.5, 0.6) is 0 Å². The summed E-state index contributed by atoms with van der Waals surface area (Å²) in [6.07, 6.45) is 7.78. The highest BCUT2D eigenvalue weighted by molar-refractivity contribution is 7.13. The molecular formula is C25H29N9OS. The van der Waals surface area contributed by atoms with Crippen molar-refractivity contribution < 1.29 is 4.74 Å². The van der Waals surface area contributed by atoms with E-state index in [2.05, 4.69) is 38.0 Å². The number of nitrogens with two attached hydrogens (primary N) is 1. The van der Waals surface area contributed by atoms with Crippen molar-refractivity contribution in [3.8, 4) is 10.7 Å². The van der Waals surface area contributed by atoms with Gasteiger partial charge in [0.2, 0.25) is 0 Å². The lowest BCUT2D eigenvalue weighted by molar-refractivity contribution is 0.0974. The number of nitrogens with zero attached hydrogens (tertiary/aromatic N) is 7. The van der Waals surface area contributed by atoms with Crippen LogP contribution in [-0.4, -0.2) is 68.5 Å². The third kappa shape index (κ3) is 3.48. The van der Waals surface area contributed by atoms with Crippen LogP contribution in [0.15, 0.2) is 29.9 Å². The summed E-state index contributed by atoms with van der Waals surface area (Å²) in [5.41, 5.74) is 11.1. The summed E-state index contributed by atoms with van der Waals surface area (Å²) in [4.78, 5) is 23.6. The minimum Gasteiger partial charge on any atom is -0.376 e. The summed E-state index contributed by atoms with van der Waals surface area (Å²) in [6, 6.07) is 4.27. The normalized spacial score (nSPS) is 23.5. The Labute approximate surface area is 212 Å². The Morgan fingerprint density at radius 2 is 2.06 bits per heavy atom. The van der Waals surface area contributed by atoms with E-state index in [4.69, 9.17) is 25.4 Å². The first kappa shape index (κ1) is 22.1. The molecule has 4 aromatic heterocycles. The van der Waals surface area contributed by atoms with Gasteiger partial charge in [-0.15, -0.1) is 11.3 Å². The molecule has 7 rings (SSSR count). The van der Waals surface area contributed by atoms with Gasteiger partial charge in [-0.2, -0.15) is 5.10 Å². The summed E-state index contributed by atoms with van der Waals surface area (Å²) in [5, 5.41) is 10.7. The number of anilines is 3. The number of aromatic nitrogens is 6. The number of nitrogens with one attached hydrogen (secondary N) is 1. The Kier molecular flexibility index (Phi) is 5.19. The Hall–Kier alpha value is -3.15. The molecule has 3 N–H and O–H groups in total. The van der Waals surface area contributed by atoms with Crippen LogP contribution in [0.3, 0.4) is 0 Å². The fourth-order valence-electron chi connectivity index (χ4n) is 5.91. The minimum atomic E-state index is 0.0870. The number of rotatable bonds is 3. The quantitative estimate of drug-likeness (QED) is 0.434. The first-order valence-corrected chi connectivity index (χ1v) is 13.5. The van der Waals surface area contributed by atoms with E-state index < -0.39 is 0 Å². The molecule has 3 aliphatic rings. The molecule has 0 aliphatic carbocycles. The van der Waals surface area contributed by atoms with Gasteiger partial charge in [0.15, 0.2) is 17.0 Å². The van der Waals surface area contributed by atoms with Crippen molar-refractivity contribution in [2.45, 2.75) is 44.8 Å². The average Bonchev–Trinajstić information content (AvgIpc) is 3.66. The van der Waals surface area contributed by atoms with Crippen LogP contribution in [0.2, 0.25) is 0 Å². The van der Waals surface area contributed by atoms with E-state index in [1.807, 2.05) is 23.8 Å². The largest absolute Gasteiger partial charge is 0.376 e. The van der Waals surface area contributed by atoms with Gasteiger partial charge in [-0.3, -0.25) is 5.10 Å². The van der Waals surface area contributed by atoms with Crippen LogP contribution >= 0.6 is 11.3 Å². The zero-order chi connectivity index (χ0) is 24.3. The Morgan fingerprint density at radius 1 is 1.17 bits per heavy atom. The van der Waals surface area contributed by atoms with Gasteiger partial charge in [0.1, 0.15) is 10.8 Å². The molecule has 1 spiro atoms. The highest BCUT2D eigenvalue weighted by Crippen LogP contribution is 2.42. The first-order chi connectivity index (χ1) is 17.6. The van der Waals surface area contributed by atoms with E-state index >= 15 is 0 Å². The molecule has 0 amide bonds. The maximum Gasteiger partial charge on any atom is 0.183 e. The van der Waals surface area contributed by atoms with Crippen molar-refractivity contribution in [2.75, 3.05) is 36.0 Å². The van der Waals surface area contributed by atoms with Crippen LogP contribution in [0, 0.1) is 5.41 Å². The number of thiazole rings is 1. The molecule has 0 aromatic carbocycles. The molecule has 10 nitrogen and oxygen atoms in total. The second kappa shape index (κ2) is 8.46. The summed E-state index contributed by atoms with van der Waals surface area (Å²) in [7, 11) is 0.